The lowest BCUT2D eigenvalue weighted by molar-refractivity contribution is -0.117. The van der Waals surface area contributed by atoms with Crippen LogP contribution in [0.25, 0.3) is 11.8 Å². The van der Waals surface area contributed by atoms with Gasteiger partial charge in [-0.15, -0.1) is 0 Å². The van der Waals surface area contributed by atoms with Gasteiger partial charge in [-0.25, -0.2) is 0 Å². The number of hydrogen-bond acceptors (Lipinski definition) is 5. The van der Waals surface area contributed by atoms with Crippen LogP contribution in [0.5, 0.6) is 5.75 Å². The Morgan fingerprint density at radius 2 is 2.06 bits per heavy atom. The van der Waals surface area contributed by atoms with Gasteiger partial charge in [-0.3, -0.25) is 9.89 Å². The maximum Gasteiger partial charge on any atom is 0.262 e. The molecule has 3 rings (SSSR count). The van der Waals surface area contributed by atoms with Crippen LogP contribution < -0.4 is 10.1 Å². The van der Waals surface area contributed by atoms with Crippen molar-refractivity contribution in [3.63, 3.8) is 0 Å². The highest BCUT2D eigenvalue weighted by Gasteiger charge is 2.15. The SMILES string of the molecule is CCn1c(CNC(=O)C(C#N)=Cc2cc(C)n(-c3ccc(OC)cc3)c2C)n[nH]c1=S. The molecule has 160 valence electrons. The number of aryl methyl sites for hydroxylation is 1. The van der Waals surface area contributed by atoms with E-state index in [2.05, 4.69) is 20.1 Å². The third-order valence-electron chi connectivity index (χ3n) is 5.03. The monoisotopic (exact) mass is 436 g/mol. The number of hydrogen-bond donors (Lipinski definition) is 2. The normalized spacial score (nSPS) is 11.3. The molecule has 0 aliphatic heterocycles. The summed E-state index contributed by atoms with van der Waals surface area (Å²) in [5.41, 5.74) is 3.71. The highest BCUT2D eigenvalue weighted by molar-refractivity contribution is 7.71. The molecule has 0 spiro atoms. The highest BCUT2D eigenvalue weighted by atomic mass is 32.1. The number of amides is 1. The average molecular weight is 437 g/mol. The first kappa shape index (κ1) is 22.1. The van der Waals surface area contributed by atoms with Gasteiger partial charge < -0.3 is 19.2 Å². The molecule has 0 radical (unpaired) electrons. The Bertz CT molecular complexity index is 1220. The Kier molecular flexibility index (Phi) is 6.72. The Morgan fingerprint density at radius 1 is 1.35 bits per heavy atom. The molecule has 2 N–H and O–H groups in total. The van der Waals surface area contributed by atoms with E-state index in [1.54, 1.807) is 17.8 Å². The number of nitrogens with zero attached hydrogens (tertiary/aromatic N) is 4. The molecule has 1 amide bonds. The maximum absolute atomic E-state index is 12.6. The minimum Gasteiger partial charge on any atom is -0.497 e. The maximum atomic E-state index is 12.6. The zero-order valence-electron chi connectivity index (χ0n) is 17.9. The predicted octanol–water partition coefficient (Wildman–Crippen LogP) is 3.60. The highest BCUT2D eigenvalue weighted by Crippen LogP contribution is 2.24. The summed E-state index contributed by atoms with van der Waals surface area (Å²) in [5.74, 6) is 0.920. The van der Waals surface area contributed by atoms with Gasteiger partial charge in [0.05, 0.1) is 13.7 Å². The topological polar surface area (TPSA) is 101 Å². The van der Waals surface area contributed by atoms with Crippen molar-refractivity contribution < 1.29 is 9.53 Å². The van der Waals surface area contributed by atoms with E-state index < -0.39 is 5.91 Å². The van der Waals surface area contributed by atoms with Gasteiger partial charge in [-0.05, 0) is 75.0 Å². The van der Waals surface area contributed by atoms with E-state index in [1.165, 1.54) is 0 Å². The fourth-order valence-corrected chi connectivity index (χ4v) is 3.71. The third-order valence-corrected chi connectivity index (χ3v) is 5.34. The van der Waals surface area contributed by atoms with Crippen LogP contribution in [0.2, 0.25) is 0 Å². The number of carbonyl (C=O) groups is 1. The van der Waals surface area contributed by atoms with Gasteiger partial charge in [0.2, 0.25) is 0 Å². The molecule has 0 atom stereocenters. The Morgan fingerprint density at radius 3 is 2.68 bits per heavy atom. The van der Waals surface area contributed by atoms with Gasteiger partial charge in [0.25, 0.3) is 5.91 Å². The van der Waals surface area contributed by atoms with E-state index in [-0.39, 0.29) is 12.1 Å². The number of rotatable bonds is 7. The number of aromatic amines is 1. The minimum absolute atomic E-state index is 0.0205. The van der Waals surface area contributed by atoms with Crippen molar-refractivity contribution in [3.05, 3.63) is 63.5 Å². The molecule has 8 nitrogen and oxygen atoms in total. The molecular formula is C22H24N6O2S. The van der Waals surface area contributed by atoms with Gasteiger partial charge in [-0.2, -0.15) is 10.4 Å². The molecule has 0 saturated heterocycles. The van der Waals surface area contributed by atoms with Crippen LogP contribution >= 0.6 is 12.2 Å². The van der Waals surface area contributed by atoms with Crippen molar-refractivity contribution in [1.82, 2.24) is 24.6 Å². The van der Waals surface area contributed by atoms with Gasteiger partial charge >= 0.3 is 0 Å². The van der Waals surface area contributed by atoms with Crippen molar-refractivity contribution in [2.24, 2.45) is 0 Å². The number of ether oxygens (including phenoxy) is 1. The van der Waals surface area contributed by atoms with Crippen LogP contribution in [-0.4, -0.2) is 32.3 Å². The molecular weight excluding hydrogens is 412 g/mol. The van der Waals surface area contributed by atoms with Crippen molar-refractivity contribution >= 4 is 24.2 Å². The zero-order chi connectivity index (χ0) is 22.5. The molecule has 0 fully saturated rings. The predicted molar refractivity (Wildman–Crippen MR) is 120 cm³/mol. The largest absolute Gasteiger partial charge is 0.497 e. The van der Waals surface area contributed by atoms with Gasteiger partial charge in [0.1, 0.15) is 17.4 Å². The summed E-state index contributed by atoms with van der Waals surface area (Å²) in [5, 5.41) is 19.1. The molecule has 2 heterocycles. The zero-order valence-corrected chi connectivity index (χ0v) is 18.7. The summed E-state index contributed by atoms with van der Waals surface area (Å²) >= 11 is 5.16. The Hall–Kier alpha value is -3.64. The summed E-state index contributed by atoms with van der Waals surface area (Å²) in [6.45, 7) is 6.68. The molecule has 0 bridgehead atoms. The first-order valence-electron chi connectivity index (χ1n) is 9.77. The van der Waals surface area contributed by atoms with E-state index in [9.17, 15) is 10.1 Å². The number of H-pyrrole nitrogens is 1. The standard InChI is InChI=1S/C22H24N6O2S/c1-5-27-20(25-26-22(27)31)13-24-21(29)17(12-23)11-16-10-14(2)28(15(16)3)18-6-8-19(30-4)9-7-18/h6-11H,5,13H2,1-4H3,(H,24,29)(H,26,31). The number of nitriles is 1. The summed E-state index contributed by atoms with van der Waals surface area (Å²) in [6.07, 6.45) is 1.61. The van der Waals surface area contributed by atoms with Crippen LogP contribution in [0.1, 0.15) is 29.7 Å². The van der Waals surface area contributed by atoms with Crippen LogP contribution in [0.15, 0.2) is 35.9 Å². The van der Waals surface area contributed by atoms with E-state index in [0.29, 0.717) is 17.1 Å². The van der Waals surface area contributed by atoms with E-state index in [1.807, 2.05) is 57.2 Å². The van der Waals surface area contributed by atoms with Crippen molar-refractivity contribution in [1.29, 1.82) is 5.26 Å². The van der Waals surface area contributed by atoms with Crippen LogP contribution in [0.3, 0.4) is 0 Å². The first-order chi connectivity index (χ1) is 14.9. The lowest BCUT2D eigenvalue weighted by Crippen LogP contribution is -2.25. The molecule has 31 heavy (non-hydrogen) atoms. The van der Waals surface area contributed by atoms with Crippen LogP contribution in [0.4, 0.5) is 0 Å². The minimum atomic E-state index is -0.465. The molecule has 9 heteroatoms. The Labute approximate surface area is 185 Å². The molecule has 0 unspecified atom stereocenters. The molecule has 3 aromatic rings. The quantitative estimate of drug-likeness (QED) is 0.335. The molecule has 0 aliphatic rings. The first-order valence-corrected chi connectivity index (χ1v) is 10.2. The number of methoxy groups -OCH3 is 1. The van der Waals surface area contributed by atoms with Crippen molar-refractivity contribution in [2.75, 3.05) is 7.11 Å². The summed E-state index contributed by atoms with van der Waals surface area (Å²) in [7, 11) is 1.63. The summed E-state index contributed by atoms with van der Waals surface area (Å²) in [6, 6.07) is 11.7. The van der Waals surface area contributed by atoms with Crippen molar-refractivity contribution in [2.45, 2.75) is 33.9 Å². The number of carbonyl (C=O) groups excluding carboxylic acids is 1. The molecule has 1 aromatic carbocycles. The molecule has 0 aliphatic carbocycles. The second-order valence-corrected chi connectivity index (χ2v) is 7.29. The van der Waals surface area contributed by atoms with Gasteiger partial charge in [0.15, 0.2) is 10.6 Å². The third kappa shape index (κ3) is 4.59. The summed E-state index contributed by atoms with van der Waals surface area (Å²) < 4.78 is 9.57. The van der Waals surface area contributed by atoms with Gasteiger partial charge in [0, 0.05) is 23.6 Å². The number of benzene rings is 1. The lowest BCUT2D eigenvalue weighted by atomic mass is 10.1. The Balaban J connectivity index is 1.84. The smallest absolute Gasteiger partial charge is 0.262 e. The van der Waals surface area contributed by atoms with Crippen LogP contribution in [0, 0.1) is 29.9 Å². The number of aromatic nitrogens is 4. The lowest BCUT2D eigenvalue weighted by Gasteiger charge is -2.10. The number of nitrogens with one attached hydrogen (secondary N) is 2. The fraction of sp³-hybridized carbons (Fsp3) is 0.273. The molecule has 0 saturated carbocycles. The second kappa shape index (κ2) is 9.45. The average Bonchev–Trinajstić information content (AvgIpc) is 3.27. The fourth-order valence-electron chi connectivity index (χ4n) is 3.43. The van der Waals surface area contributed by atoms with Gasteiger partial charge in [-0.1, -0.05) is 0 Å². The van der Waals surface area contributed by atoms with E-state index >= 15 is 0 Å². The second-order valence-electron chi connectivity index (χ2n) is 6.90. The van der Waals surface area contributed by atoms with Crippen molar-refractivity contribution in [3.8, 4) is 17.5 Å². The molecule has 2 aromatic heterocycles. The van der Waals surface area contributed by atoms with E-state index in [0.717, 1.165) is 28.4 Å². The van der Waals surface area contributed by atoms with Crippen LogP contribution in [-0.2, 0) is 17.9 Å². The van der Waals surface area contributed by atoms with E-state index in [4.69, 9.17) is 17.0 Å². The summed E-state index contributed by atoms with van der Waals surface area (Å²) in [4.78, 5) is 12.6.